The van der Waals surface area contributed by atoms with Crippen LogP contribution in [0.1, 0.15) is 0 Å². The third-order valence-corrected chi connectivity index (χ3v) is 4.83. The fourth-order valence-corrected chi connectivity index (χ4v) is 3.12. The first-order valence-electron chi connectivity index (χ1n) is 6.97. The molecule has 0 unspecified atom stereocenters. The summed E-state index contributed by atoms with van der Waals surface area (Å²) in [5.74, 6) is -0.244. The molecule has 1 amide bonds. The lowest BCUT2D eigenvalue weighted by Gasteiger charge is -2.32. The first kappa shape index (κ1) is 17.3. The van der Waals surface area contributed by atoms with Crippen LogP contribution in [-0.4, -0.2) is 67.4 Å². The van der Waals surface area contributed by atoms with Crippen molar-refractivity contribution >= 4 is 27.3 Å². The number of sulfonamides is 1. The number of nitro groups is 1. The highest BCUT2D eigenvalue weighted by molar-refractivity contribution is 7.88. The molecule has 23 heavy (non-hydrogen) atoms. The lowest BCUT2D eigenvalue weighted by molar-refractivity contribution is -0.384. The summed E-state index contributed by atoms with van der Waals surface area (Å²) in [5.41, 5.74) is 0.440. The van der Waals surface area contributed by atoms with Gasteiger partial charge in [0.15, 0.2) is 0 Å². The van der Waals surface area contributed by atoms with Crippen molar-refractivity contribution in [2.24, 2.45) is 0 Å². The van der Waals surface area contributed by atoms with Crippen molar-refractivity contribution < 1.29 is 18.1 Å². The maximum absolute atomic E-state index is 12.0. The summed E-state index contributed by atoms with van der Waals surface area (Å²) in [7, 11) is -3.19. The molecule has 1 heterocycles. The molecule has 1 aliphatic heterocycles. The Balaban J connectivity index is 1.83. The third kappa shape index (κ3) is 4.98. The zero-order valence-electron chi connectivity index (χ0n) is 12.6. The highest BCUT2D eigenvalue weighted by atomic mass is 32.2. The number of piperazine rings is 1. The van der Waals surface area contributed by atoms with E-state index >= 15 is 0 Å². The highest BCUT2D eigenvalue weighted by Gasteiger charge is 2.24. The zero-order chi connectivity index (χ0) is 17.0. The Morgan fingerprint density at radius 3 is 2.26 bits per heavy atom. The molecule has 0 radical (unpaired) electrons. The van der Waals surface area contributed by atoms with E-state index in [2.05, 4.69) is 5.32 Å². The average molecular weight is 342 g/mol. The van der Waals surface area contributed by atoms with E-state index in [0.29, 0.717) is 31.9 Å². The van der Waals surface area contributed by atoms with Crippen LogP contribution in [-0.2, 0) is 14.8 Å². The number of nitro benzene ring substituents is 1. The molecule has 1 aromatic rings. The van der Waals surface area contributed by atoms with E-state index in [1.165, 1.54) is 34.8 Å². The van der Waals surface area contributed by atoms with Crippen molar-refractivity contribution in [1.29, 1.82) is 0 Å². The molecular weight excluding hydrogens is 324 g/mol. The number of nitrogens with one attached hydrogen (secondary N) is 1. The average Bonchev–Trinajstić information content (AvgIpc) is 2.47. The second kappa shape index (κ2) is 7.02. The number of non-ortho nitro benzene ring substituents is 1. The minimum Gasteiger partial charge on any atom is -0.325 e. The minimum atomic E-state index is -3.19. The lowest BCUT2D eigenvalue weighted by Crippen LogP contribution is -2.50. The first-order chi connectivity index (χ1) is 10.8. The quantitative estimate of drug-likeness (QED) is 0.600. The van der Waals surface area contributed by atoms with Crippen LogP contribution in [0.4, 0.5) is 11.4 Å². The van der Waals surface area contributed by atoms with Crippen molar-refractivity contribution in [1.82, 2.24) is 9.21 Å². The Morgan fingerprint density at radius 2 is 1.78 bits per heavy atom. The van der Waals surface area contributed by atoms with E-state index in [0.717, 1.165) is 0 Å². The van der Waals surface area contributed by atoms with Gasteiger partial charge >= 0.3 is 0 Å². The van der Waals surface area contributed by atoms with Crippen LogP contribution in [0.3, 0.4) is 0 Å². The molecule has 0 spiro atoms. The molecule has 10 heteroatoms. The molecule has 1 aliphatic rings. The Morgan fingerprint density at radius 1 is 1.22 bits per heavy atom. The fraction of sp³-hybridized carbons (Fsp3) is 0.462. The van der Waals surface area contributed by atoms with Crippen molar-refractivity contribution in [3.63, 3.8) is 0 Å². The van der Waals surface area contributed by atoms with Gasteiger partial charge in [-0.2, -0.15) is 4.31 Å². The van der Waals surface area contributed by atoms with Gasteiger partial charge in [-0.05, 0) is 12.1 Å². The summed E-state index contributed by atoms with van der Waals surface area (Å²) in [6, 6.07) is 5.58. The van der Waals surface area contributed by atoms with Crippen LogP contribution in [0.2, 0.25) is 0 Å². The molecule has 0 bridgehead atoms. The summed E-state index contributed by atoms with van der Waals surface area (Å²) in [4.78, 5) is 23.9. The number of amides is 1. The molecule has 126 valence electrons. The SMILES string of the molecule is CS(=O)(=O)N1CCN(CC(=O)Nc2ccc([N+](=O)[O-])cc2)CC1. The Kier molecular flexibility index (Phi) is 5.29. The Bertz CT molecular complexity index is 681. The van der Waals surface area contributed by atoms with Crippen molar-refractivity contribution in [2.75, 3.05) is 44.3 Å². The number of carbonyl (C=O) groups is 1. The molecule has 0 atom stereocenters. The molecule has 1 saturated heterocycles. The van der Waals surface area contributed by atoms with Crippen LogP contribution >= 0.6 is 0 Å². The second-order valence-corrected chi connectivity index (χ2v) is 7.27. The predicted molar refractivity (Wildman–Crippen MR) is 84.6 cm³/mol. The molecule has 1 fully saturated rings. The molecule has 1 aromatic carbocycles. The topological polar surface area (TPSA) is 113 Å². The van der Waals surface area contributed by atoms with Gasteiger partial charge in [0.05, 0.1) is 17.7 Å². The van der Waals surface area contributed by atoms with Gasteiger partial charge in [0, 0.05) is 44.0 Å². The lowest BCUT2D eigenvalue weighted by atomic mass is 10.3. The van der Waals surface area contributed by atoms with Crippen LogP contribution in [0.5, 0.6) is 0 Å². The molecule has 0 aliphatic carbocycles. The summed E-state index contributed by atoms with van der Waals surface area (Å²) in [6.07, 6.45) is 1.17. The second-order valence-electron chi connectivity index (χ2n) is 5.29. The number of anilines is 1. The molecule has 2 rings (SSSR count). The molecule has 0 saturated carbocycles. The molecule has 9 nitrogen and oxygen atoms in total. The fourth-order valence-electron chi connectivity index (χ4n) is 2.29. The summed E-state index contributed by atoms with van der Waals surface area (Å²) in [5, 5.41) is 13.2. The first-order valence-corrected chi connectivity index (χ1v) is 8.82. The number of hydrogen-bond acceptors (Lipinski definition) is 6. The number of benzene rings is 1. The monoisotopic (exact) mass is 342 g/mol. The van der Waals surface area contributed by atoms with E-state index in [4.69, 9.17) is 0 Å². The van der Waals surface area contributed by atoms with Gasteiger partial charge in [0.25, 0.3) is 5.69 Å². The predicted octanol–water partition coefficient (Wildman–Crippen LogP) is 0.111. The number of hydrogen-bond donors (Lipinski definition) is 1. The van der Waals surface area contributed by atoms with E-state index in [9.17, 15) is 23.3 Å². The van der Waals surface area contributed by atoms with Gasteiger partial charge < -0.3 is 5.32 Å². The molecule has 0 aromatic heterocycles. The van der Waals surface area contributed by atoms with Crippen molar-refractivity contribution in [2.45, 2.75) is 0 Å². The smallest absolute Gasteiger partial charge is 0.269 e. The van der Waals surface area contributed by atoms with Gasteiger partial charge in [0.1, 0.15) is 0 Å². The van der Waals surface area contributed by atoms with Crippen LogP contribution in [0, 0.1) is 10.1 Å². The van der Waals surface area contributed by atoms with Gasteiger partial charge in [-0.15, -0.1) is 0 Å². The van der Waals surface area contributed by atoms with Crippen molar-refractivity contribution in [3.05, 3.63) is 34.4 Å². The third-order valence-electron chi connectivity index (χ3n) is 3.53. The summed E-state index contributed by atoms with van der Waals surface area (Å²) < 4.78 is 24.2. The maximum atomic E-state index is 12.0. The van der Waals surface area contributed by atoms with Crippen molar-refractivity contribution in [3.8, 4) is 0 Å². The molecule has 1 N–H and O–H groups in total. The van der Waals surface area contributed by atoms with Gasteiger partial charge in [0.2, 0.25) is 15.9 Å². The Labute approximate surface area is 134 Å². The zero-order valence-corrected chi connectivity index (χ0v) is 13.5. The summed E-state index contributed by atoms with van der Waals surface area (Å²) in [6.45, 7) is 1.85. The van der Waals surface area contributed by atoms with Crippen LogP contribution in [0.25, 0.3) is 0 Å². The van der Waals surface area contributed by atoms with E-state index in [-0.39, 0.29) is 18.1 Å². The van der Waals surface area contributed by atoms with Crippen LogP contribution < -0.4 is 5.32 Å². The van der Waals surface area contributed by atoms with Crippen LogP contribution in [0.15, 0.2) is 24.3 Å². The van der Waals surface area contributed by atoms with E-state index in [1.54, 1.807) is 0 Å². The number of carbonyl (C=O) groups excluding carboxylic acids is 1. The van der Waals surface area contributed by atoms with Gasteiger partial charge in [-0.25, -0.2) is 8.42 Å². The number of rotatable bonds is 5. The van der Waals surface area contributed by atoms with E-state index < -0.39 is 14.9 Å². The number of nitrogens with zero attached hydrogens (tertiary/aromatic N) is 3. The maximum Gasteiger partial charge on any atom is 0.269 e. The van der Waals surface area contributed by atoms with Gasteiger partial charge in [-0.1, -0.05) is 0 Å². The largest absolute Gasteiger partial charge is 0.325 e. The minimum absolute atomic E-state index is 0.0418. The Hall–Kier alpha value is -2.04. The van der Waals surface area contributed by atoms with E-state index in [1.807, 2.05) is 4.90 Å². The highest BCUT2D eigenvalue weighted by Crippen LogP contribution is 2.15. The van der Waals surface area contributed by atoms with Gasteiger partial charge in [-0.3, -0.25) is 19.8 Å². The molecular formula is C13H18N4O5S. The standard InChI is InChI=1S/C13H18N4O5S/c1-23(21,22)16-8-6-15(7-9-16)10-13(18)14-11-2-4-12(5-3-11)17(19)20/h2-5H,6-10H2,1H3,(H,14,18). The normalized spacial score (nSPS) is 16.9. The summed E-state index contributed by atoms with van der Waals surface area (Å²) >= 11 is 0.